The lowest BCUT2D eigenvalue weighted by Crippen LogP contribution is -2.43. The van der Waals surface area contributed by atoms with Gasteiger partial charge >= 0.3 is 0 Å². The van der Waals surface area contributed by atoms with Crippen molar-refractivity contribution in [3.05, 3.63) is 53.4 Å². The summed E-state index contributed by atoms with van der Waals surface area (Å²) in [5.74, 6) is 0. The minimum atomic E-state index is 0.797. The van der Waals surface area contributed by atoms with E-state index in [-0.39, 0.29) is 0 Å². The molecule has 2 N–H and O–H groups in total. The first-order chi connectivity index (χ1) is 13.8. The fourth-order valence-corrected chi connectivity index (χ4v) is 4.11. The molecule has 1 fully saturated rings. The lowest BCUT2D eigenvalue weighted by molar-refractivity contribution is 0.0412. The summed E-state index contributed by atoms with van der Waals surface area (Å²) in [5, 5.41) is 8.05. The lowest BCUT2D eigenvalue weighted by atomic mass is 10.0. The zero-order valence-corrected chi connectivity index (χ0v) is 16.8. The molecular weight excluding hydrogens is 350 g/mol. The molecule has 28 heavy (non-hydrogen) atoms. The largest absolute Gasteiger partial charge is 0.379 e. The molecule has 0 spiro atoms. The first-order valence-corrected chi connectivity index (χ1v) is 10.3. The molecule has 0 aliphatic carbocycles. The molecule has 6 heteroatoms. The van der Waals surface area contributed by atoms with E-state index < -0.39 is 0 Å². The van der Waals surface area contributed by atoms with Crippen molar-refractivity contribution in [3.63, 3.8) is 0 Å². The Balaban J connectivity index is 1.48. The van der Waals surface area contributed by atoms with Crippen LogP contribution in [0.2, 0.25) is 0 Å². The van der Waals surface area contributed by atoms with E-state index in [2.05, 4.69) is 49.7 Å². The van der Waals surface area contributed by atoms with E-state index in [1.54, 1.807) is 5.57 Å². The molecule has 3 heterocycles. The van der Waals surface area contributed by atoms with Crippen LogP contribution in [0.25, 0.3) is 10.9 Å². The summed E-state index contributed by atoms with van der Waals surface area (Å²) >= 11 is 0. The van der Waals surface area contributed by atoms with Crippen LogP contribution in [0.4, 0.5) is 0 Å². The molecule has 0 bridgehead atoms. The molecule has 0 radical (unpaired) electrons. The van der Waals surface area contributed by atoms with E-state index in [0.717, 1.165) is 71.1 Å². The molecule has 4 rings (SSSR count). The van der Waals surface area contributed by atoms with Crippen LogP contribution in [-0.2, 0) is 11.3 Å². The van der Waals surface area contributed by atoms with E-state index in [0.29, 0.717) is 0 Å². The molecule has 2 aliphatic heterocycles. The molecule has 0 saturated carbocycles. The number of nitrogens with zero attached hydrogens (tertiary/aromatic N) is 3. The van der Waals surface area contributed by atoms with Gasteiger partial charge in [0.05, 0.1) is 25.4 Å². The van der Waals surface area contributed by atoms with Gasteiger partial charge in [-0.3, -0.25) is 14.8 Å². The number of para-hydroxylation sites is 1. The molecule has 2 aromatic rings. The van der Waals surface area contributed by atoms with Gasteiger partial charge in [-0.25, -0.2) is 0 Å². The number of hydrogen-bond donors (Lipinski definition) is 2. The van der Waals surface area contributed by atoms with Crippen LogP contribution in [0.5, 0.6) is 0 Å². The van der Waals surface area contributed by atoms with Gasteiger partial charge in [-0.2, -0.15) is 0 Å². The zero-order chi connectivity index (χ0) is 19.2. The molecule has 2 aliphatic rings. The van der Waals surface area contributed by atoms with Crippen LogP contribution in [0.15, 0.2) is 47.8 Å². The molecular formula is C22H31N5O. The highest BCUT2D eigenvalue weighted by atomic mass is 16.5. The van der Waals surface area contributed by atoms with E-state index in [4.69, 9.17) is 4.74 Å². The minimum Gasteiger partial charge on any atom is -0.379 e. The molecule has 1 saturated heterocycles. The monoisotopic (exact) mass is 381 g/mol. The van der Waals surface area contributed by atoms with E-state index in [9.17, 15) is 0 Å². The molecule has 1 aromatic carbocycles. The number of fused-ring (bicyclic) bond motifs is 1. The summed E-state index contributed by atoms with van der Waals surface area (Å²) in [5.41, 5.74) is 5.35. The Kier molecular flexibility index (Phi) is 6.54. The lowest BCUT2D eigenvalue weighted by Gasteiger charge is -2.35. The number of aromatic nitrogens is 1. The third-order valence-corrected chi connectivity index (χ3v) is 5.65. The standard InChI is InChI=1S/C22H31N5O/c1-23-17-25-21-16-27(9-7-19(21)14-26-10-12-28-13-11-26)15-20-5-2-4-18-6-3-8-24-22(18)20/h2-6,8,23,25H,7,9-17H2,1H3. The molecule has 0 atom stereocenters. The average molecular weight is 382 g/mol. The topological polar surface area (TPSA) is 52.7 Å². The Labute approximate surface area is 167 Å². The fraction of sp³-hybridized carbons (Fsp3) is 0.500. The van der Waals surface area contributed by atoms with Crippen molar-refractivity contribution >= 4 is 10.9 Å². The predicted octanol–water partition coefficient (Wildman–Crippen LogP) is 1.79. The van der Waals surface area contributed by atoms with Crippen molar-refractivity contribution < 1.29 is 4.74 Å². The van der Waals surface area contributed by atoms with Crippen LogP contribution in [0, 0.1) is 0 Å². The summed E-state index contributed by atoms with van der Waals surface area (Å²) < 4.78 is 5.50. The minimum absolute atomic E-state index is 0.797. The zero-order valence-electron chi connectivity index (χ0n) is 16.8. The molecule has 1 aromatic heterocycles. The third kappa shape index (κ3) is 4.70. The second kappa shape index (κ2) is 9.47. The van der Waals surface area contributed by atoms with Gasteiger partial charge < -0.3 is 15.4 Å². The second-order valence-corrected chi connectivity index (χ2v) is 7.63. The van der Waals surface area contributed by atoms with Crippen molar-refractivity contribution in [2.24, 2.45) is 0 Å². The van der Waals surface area contributed by atoms with Gasteiger partial charge in [0, 0.05) is 56.5 Å². The Bertz CT molecular complexity index is 810. The van der Waals surface area contributed by atoms with Gasteiger partial charge in [-0.15, -0.1) is 0 Å². The van der Waals surface area contributed by atoms with E-state index in [1.807, 2.05) is 19.3 Å². The number of benzene rings is 1. The number of morpholine rings is 1. The van der Waals surface area contributed by atoms with Crippen molar-refractivity contribution in [1.82, 2.24) is 25.4 Å². The second-order valence-electron chi connectivity index (χ2n) is 7.63. The molecule has 6 nitrogen and oxygen atoms in total. The normalized spacial score (nSPS) is 19.3. The van der Waals surface area contributed by atoms with Crippen LogP contribution in [-0.4, -0.2) is 74.4 Å². The van der Waals surface area contributed by atoms with Gasteiger partial charge in [0.15, 0.2) is 0 Å². The number of hydrogen-bond acceptors (Lipinski definition) is 6. The number of ether oxygens (including phenoxy) is 1. The summed E-state index contributed by atoms with van der Waals surface area (Å²) in [6.45, 7) is 8.62. The highest BCUT2D eigenvalue weighted by molar-refractivity contribution is 5.81. The maximum atomic E-state index is 5.50. The highest BCUT2D eigenvalue weighted by Crippen LogP contribution is 2.22. The van der Waals surface area contributed by atoms with Gasteiger partial charge in [0.25, 0.3) is 0 Å². The van der Waals surface area contributed by atoms with Gasteiger partial charge in [0.1, 0.15) is 0 Å². The van der Waals surface area contributed by atoms with Crippen LogP contribution >= 0.6 is 0 Å². The predicted molar refractivity (Wildman–Crippen MR) is 113 cm³/mol. The average Bonchev–Trinajstić information content (AvgIpc) is 2.75. The number of rotatable bonds is 7. The molecule has 0 amide bonds. The smallest absolute Gasteiger partial charge is 0.0746 e. The maximum absolute atomic E-state index is 5.50. The fourth-order valence-electron chi connectivity index (χ4n) is 4.11. The van der Waals surface area contributed by atoms with E-state index >= 15 is 0 Å². The Morgan fingerprint density at radius 3 is 2.75 bits per heavy atom. The van der Waals surface area contributed by atoms with Crippen molar-refractivity contribution in [1.29, 1.82) is 0 Å². The van der Waals surface area contributed by atoms with Gasteiger partial charge in [-0.1, -0.05) is 24.3 Å². The molecule has 0 unspecified atom stereocenters. The first kappa shape index (κ1) is 19.3. The van der Waals surface area contributed by atoms with Crippen LogP contribution < -0.4 is 10.6 Å². The van der Waals surface area contributed by atoms with Crippen LogP contribution in [0.1, 0.15) is 12.0 Å². The van der Waals surface area contributed by atoms with E-state index in [1.165, 1.54) is 16.6 Å². The van der Waals surface area contributed by atoms with Crippen molar-refractivity contribution in [2.75, 3.05) is 59.7 Å². The summed E-state index contributed by atoms with van der Waals surface area (Å²) in [7, 11) is 1.98. The van der Waals surface area contributed by atoms with Gasteiger partial charge in [-0.05, 0) is 30.7 Å². The SMILES string of the molecule is CNCNC1=C(CN2CCOCC2)CCN(Cc2cccc3cccnc23)C1. The Morgan fingerprint density at radius 2 is 1.89 bits per heavy atom. The maximum Gasteiger partial charge on any atom is 0.0746 e. The molecule has 150 valence electrons. The first-order valence-electron chi connectivity index (χ1n) is 10.3. The quantitative estimate of drug-likeness (QED) is 0.714. The Hall–Kier alpha value is -1.99. The van der Waals surface area contributed by atoms with Crippen molar-refractivity contribution in [2.45, 2.75) is 13.0 Å². The number of pyridine rings is 1. The summed E-state index contributed by atoms with van der Waals surface area (Å²) in [4.78, 5) is 9.67. The summed E-state index contributed by atoms with van der Waals surface area (Å²) in [6.07, 6.45) is 3.00. The highest BCUT2D eigenvalue weighted by Gasteiger charge is 2.22. The third-order valence-electron chi connectivity index (χ3n) is 5.65. The van der Waals surface area contributed by atoms with Crippen molar-refractivity contribution in [3.8, 4) is 0 Å². The summed E-state index contributed by atoms with van der Waals surface area (Å²) in [6, 6.07) is 10.6. The van der Waals surface area contributed by atoms with Crippen LogP contribution in [0.3, 0.4) is 0 Å². The van der Waals surface area contributed by atoms with Gasteiger partial charge in [0.2, 0.25) is 0 Å². The number of nitrogens with one attached hydrogen (secondary N) is 2. The Morgan fingerprint density at radius 1 is 1.04 bits per heavy atom.